The van der Waals surface area contributed by atoms with Gasteiger partial charge in [0.1, 0.15) is 5.88 Å². The van der Waals surface area contributed by atoms with Crippen LogP contribution in [0.2, 0.25) is 5.02 Å². The molecule has 16 heavy (non-hydrogen) atoms. The number of aromatic nitrogens is 2. The van der Waals surface area contributed by atoms with Gasteiger partial charge in [0.15, 0.2) is 0 Å². The lowest BCUT2D eigenvalue weighted by molar-refractivity contribution is 0.525. The van der Waals surface area contributed by atoms with Crippen molar-refractivity contribution in [3.63, 3.8) is 0 Å². The summed E-state index contributed by atoms with van der Waals surface area (Å²) in [5.41, 5.74) is 1.08. The van der Waals surface area contributed by atoms with Crippen molar-refractivity contribution in [2.24, 2.45) is 0 Å². The summed E-state index contributed by atoms with van der Waals surface area (Å²) >= 11 is 11.3. The van der Waals surface area contributed by atoms with Crippen LogP contribution in [0.25, 0.3) is 0 Å². The standard InChI is InChI=1S/C10H9Cl2N3O/c11-5-9-14-15-10(16-9)13-6-7-1-3-8(12)4-2-7/h1-4H,5-6H2,(H,13,15). The Hall–Kier alpha value is -1.26. The van der Waals surface area contributed by atoms with E-state index in [1.165, 1.54) is 0 Å². The first-order chi connectivity index (χ1) is 7.78. The van der Waals surface area contributed by atoms with Crippen molar-refractivity contribution in [1.82, 2.24) is 10.2 Å². The summed E-state index contributed by atoms with van der Waals surface area (Å²) in [5, 5.41) is 11.2. The predicted octanol–water partition coefficient (Wildman–Crippen LogP) is 3.07. The van der Waals surface area contributed by atoms with Crippen LogP contribution in [0.3, 0.4) is 0 Å². The molecule has 1 aromatic heterocycles. The molecule has 6 heteroatoms. The number of hydrogen-bond acceptors (Lipinski definition) is 4. The summed E-state index contributed by atoms with van der Waals surface area (Å²) in [6.45, 7) is 0.598. The molecule has 2 rings (SSSR count). The average Bonchev–Trinajstić information content (AvgIpc) is 2.76. The van der Waals surface area contributed by atoms with Crippen molar-refractivity contribution >= 4 is 29.2 Å². The van der Waals surface area contributed by atoms with E-state index in [-0.39, 0.29) is 5.88 Å². The second-order valence-electron chi connectivity index (χ2n) is 3.11. The van der Waals surface area contributed by atoms with Gasteiger partial charge >= 0.3 is 6.01 Å². The minimum Gasteiger partial charge on any atom is -0.407 e. The van der Waals surface area contributed by atoms with Gasteiger partial charge in [0.2, 0.25) is 5.89 Å². The van der Waals surface area contributed by atoms with Gasteiger partial charge in [0.25, 0.3) is 0 Å². The number of alkyl halides is 1. The van der Waals surface area contributed by atoms with Crippen molar-refractivity contribution in [1.29, 1.82) is 0 Å². The van der Waals surface area contributed by atoms with Crippen LogP contribution in [-0.4, -0.2) is 10.2 Å². The Balaban J connectivity index is 1.94. The molecule has 1 heterocycles. The van der Waals surface area contributed by atoms with Crippen LogP contribution < -0.4 is 5.32 Å². The fraction of sp³-hybridized carbons (Fsp3) is 0.200. The third-order valence-corrected chi connectivity index (χ3v) is 2.42. The van der Waals surface area contributed by atoms with Gasteiger partial charge in [-0.15, -0.1) is 16.7 Å². The monoisotopic (exact) mass is 257 g/mol. The quantitative estimate of drug-likeness (QED) is 0.856. The van der Waals surface area contributed by atoms with Crippen molar-refractivity contribution in [3.05, 3.63) is 40.7 Å². The van der Waals surface area contributed by atoms with E-state index in [0.717, 1.165) is 5.56 Å². The fourth-order valence-electron chi connectivity index (χ4n) is 1.16. The van der Waals surface area contributed by atoms with Gasteiger partial charge in [0, 0.05) is 11.6 Å². The number of hydrogen-bond donors (Lipinski definition) is 1. The molecule has 0 amide bonds. The molecule has 0 unspecified atom stereocenters. The molecule has 0 spiro atoms. The van der Waals surface area contributed by atoms with Gasteiger partial charge in [-0.3, -0.25) is 0 Å². The van der Waals surface area contributed by atoms with E-state index >= 15 is 0 Å². The number of nitrogens with one attached hydrogen (secondary N) is 1. The molecule has 0 radical (unpaired) electrons. The van der Waals surface area contributed by atoms with E-state index in [9.17, 15) is 0 Å². The topological polar surface area (TPSA) is 51.0 Å². The lowest BCUT2D eigenvalue weighted by Crippen LogP contribution is -1.99. The summed E-state index contributed by atoms with van der Waals surface area (Å²) < 4.78 is 5.19. The Labute approximate surface area is 103 Å². The Morgan fingerprint density at radius 2 is 1.94 bits per heavy atom. The molecule has 4 nitrogen and oxygen atoms in total. The zero-order valence-corrected chi connectivity index (χ0v) is 9.79. The second-order valence-corrected chi connectivity index (χ2v) is 3.82. The van der Waals surface area contributed by atoms with Crippen LogP contribution in [0.1, 0.15) is 11.5 Å². The van der Waals surface area contributed by atoms with Crippen LogP contribution in [0.15, 0.2) is 28.7 Å². The van der Waals surface area contributed by atoms with Gasteiger partial charge in [-0.25, -0.2) is 0 Å². The van der Waals surface area contributed by atoms with Gasteiger partial charge in [0.05, 0.1) is 0 Å². The number of rotatable bonds is 4. The lowest BCUT2D eigenvalue weighted by Gasteiger charge is -2.01. The van der Waals surface area contributed by atoms with Crippen LogP contribution in [0, 0.1) is 0 Å². The van der Waals surface area contributed by atoms with Crippen molar-refractivity contribution in [2.75, 3.05) is 5.32 Å². The molecule has 1 aromatic carbocycles. The smallest absolute Gasteiger partial charge is 0.315 e. The predicted molar refractivity (Wildman–Crippen MR) is 62.6 cm³/mol. The largest absolute Gasteiger partial charge is 0.407 e. The van der Waals surface area contributed by atoms with Crippen LogP contribution >= 0.6 is 23.2 Å². The maximum absolute atomic E-state index is 5.78. The molecule has 84 valence electrons. The number of anilines is 1. The highest BCUT2D eigenvalue weighted by atomic mass is 35.5. The summed E-state index contributed by atoms with van der Waals surface area (Å²) in [4.78, 5) is 0. The summed E-state index contributed by atoms with van der Waals surface area (Å²) in [6.07, 6.45) is 0. The van der Waals surface area contributed by atoms with E-state index in [1.807, 2.05) is 24.3 Å². The lowest BCUT2D eigenvalue weighted by atomic mass is 10.2. The van der Waals surface area contributed by atoms with Crippen molar-refractivity contribution in [3.8, 4) is 0 Å². The zero-order valence-electron chi connectivity index (χ0n) is 8.28. The molecule has 0 saturated carbocycles. The fourth-order valence-corrected chi connectivity index (χ4v) is 1.39. The number of nitrogens with zero attached hydrogens (tertiary/aromatic N) is 2. The highest BCUT2D eigenvalue weighted by Crippen LogP contribution is 2.12. The molecular formula is C10H9Cl2N3O. The molecule has 0 fully saturated rings. The molecular weight excluding hydrogens is 249 g/mol. The van der Waals surface area contributed by atoms with Crippen LogP contribution in [-0.2, 0) is 12.4 Å². The van der Waals surface area contributed by atoms with E-state index in [1.54, 1.807) is 0 Å². The Kier molecular flexibility index (Phi) is 3.64. The second kappa shape index (κ2) is 5.18. The summed E-state index contributed by atoms with van der Waals surface area (Å²) in [6, 6.07) is 7.88. The van der Waals surface area contributed by atoms with E-state index in [2.05, 4.69) is 15.5 Å². The molecule has 0 bridgehead atoms. The first-order valence-electron chi connectivity index (χ1n) is 4.64. The Morgan fingerprint density at radius 3 is 2.56 bits per heavy atom. The van der Waals surface area contributed by atoms with Crippen LogP contribution in [0.4, 0.5) is 6.01 Å². The Morgan fingerprint density at radius 1 is 1.19 bits per heavy atom. The van der Waals surface area contributed by atoms with Gasteiger partial charge < -0.3 is 9.73 Å². The molecule has 1 N–H and O–H groups in total. The highest BCUT2D eigenvalue weighted by Gasteiger charge is 2.03. The van der Waals surface area contributed by atoms with E-state index in [4.69, 9.17) is 27.6 Å². The van der Waals surface area contributed by atoms with Gasteiger partial charge in [-0.1, -0.05) is 28.8 Å². The van der Waals surface area contributed by atoms with Crippen molar-refractivity contribution < 1.29 is 4.42 Å². The minimum absolute atomic E-state index is 0.218. The van der Waals surface area contributed by atoms with Crippen molar-refractivity contribution in [2.45, 2.75) is 12.4 Å². The average molecular weight is 258 g/mol. The van der Waals surface area contributed by atoms with Crippen LogP contribution in [0.5, 0.6) is 0 Å². The maximum Gasteiger partial charge on any atom is 0.315 e. The van der Waals surface area contributed by atoms with E-state index < -0.39 is 0 Å². The zero-order chi connectivity index (χ0) is 11.4. The molecule has 0 aliphatic rings. The normalized spacial score (nSPS) is 10.4. The SMILES string of the molecule is ClCc1nnc(NCc2ccc(Cl)cc2)o1. The first kappa shape index (κ1) is 11.2. The first-order valence-corrected chi connectivity index (χ1v) is 5.56. The van der Waals surface area contributed by atoms with Gasteiger partial charge in [-0.2, -0.15) is 0 Å². The number of halogens is 2. The summed E-state index contributed by atoms with van der Waals surface area (Å²) in [5.74, 6) is 0.621. The molecule has 0 saturated heterocycles. The minimum atomic E-state index is 0.218. The third-order valence-electron chi connectivity index (χ3n) is 1.94. The van der Waals surface area contributed by atoms with E-state index in [0.29, 0.717) is 23.5 Å². The molecule has 2 aromatic rings. The number of benzene rings is 1. The molecule has 0 atom stereocenters. The molecule has 0 aliphatic heterocycles. The Bertz CT molecular complexity index is 455. The summed E-state index contributed by atoms with van der Waals surface area (Å²) in [7, 11) is 0. The maximum atomic E-state index is 5.78. The highest BCUT2D eigenvalue weighted by molar-refractivity contribution is 6.30. The molecule has 0 aliphatic carbocycles. The third kappa shape index (κ3) is 2.87. The van der Waals surface area contributed by atoms with Gasteiger partial charge in [-0.05, 0) is 17.7 Å².